The molecule has 0 atom stereocenters. The van der Waals surface area contributed by atoms with Gasteiger partial charge in [-0.25, -0.2) is 15.0 Å². The third-order valence-electron chi connectivity index (χ3n) is 10.4. The van der Waals surface area contributed by atoms with Gasteiger partial charge in [0.05, 0.1) is 11.0 Å². The molecule has 0 bridgehead atoms. The number of benzene rings is 8. The fraction of sp³-hybridized carbons (Fsp3) is 0. The quantitative estimate of drug-likeness (QED) is 0.180. The van der Waals surface area contributed by atoms with Crippen LogP contribution in [0.25, 0.3) is 105 Å². The van der Waals surface area contributed by atoms with Gasteiger partial charge >= 0.3 is 0 Å². The van der Waals surface area contributed by atoms with E-state index in [0.717, 1.165) is 82.6 Å². The van der Waals surface area contributed by atoms with Gasteiger partial charge in [0.15, 0.2) is 17.5 Å². The molecule has 5 nitrogen and oxygen atoms in total. The van der Waals surface area contributed by atoms with Crippen molar-refractivity contribution in [3.8, 4) is 51.0 Å². The Morgan fingerprint density at radius 3 is 1.74 bits per heavy atom. The van der Waals surface area contributed by atoms with Crippen LogP contribution in [0.1, 0.15) is 0 Å². The van der Waals surface area contributed by atoms with E-state index in [2.05, 4.69) is 150 Å². The van der Waals surface area contributed by atoms with Gasteiger partial charge in [0, 0.05) is 49.5 Å². The highest BCUT2D eigenvalue weighted by molar-refractivity contribution is 6.23. The van der Waals surface area contributed by atoms with Crippen molar-refractivity contribution in [1.29, 1.82) is 0 Å². The second-order valence-corrected chi connectivity index (χ2v) is 13.6. The lowest BCUT2D eigenvalue weighted by atomic mass is 9.97. The number of nitrogens with zero attached hydrogens (tertiary/aromatic N) is 4. The maximum atomic E-state index is 6.79. The molecule has 5 heteroatoms. The minimum absolute atomic E-state index is 0.590. The summed E-state index contributed by atoms with van der Waals surface area (Å²) in [5, 5.41) is 6.62. The summed E-state index contributed by atoms with van der Waals surface area (Å²) in [7, 11) is 0. The van der Waals surface area contributed by atoms with Crippen molar-refractivity contribution >= 4 is 54.5 Å². The van der Waals surface area contributed by atoms with Crippen LogP contribution in [0.3, 0.4) is 0 Å². The van der Waals surface area contributed by atoms with Crippen LogP contribution in [0.2, 0.25) is 0 Å². The lowest BCUT2D eigenvalue weighted by Gasteiger charge is -2.11. The van der Waals surface area contributed by atoms with Gasteiger partial charge in [0.25, 0.3) is 0 Å². The van der Waals surface area contributed by atoms with E-state index >= 15 is 0 Å². The second-order valence-electron chi connectivity index (χ2n) is 13.6. The molecule has 0 aliphatic carbocycles. The lowest BCUT2D eigenvalue weighted by molar-refractivity contribution is 0.670. The molecular weight excluding hydrogens is 661 g/mol. The van der Waals surface area contributed by atoms with Crippen molar-refractivity contribution in [3.63, 3.8) is 0 Å². The maximum Gasteiger partial charge on any atom is 0.164 e. The molecule has 0 saturated carbocycles. The minimum Gasteiger partial charge on any atom is -0.455 e. The summed E-state index contributed by atoms with van der Waals surface area (Å²) in [5.41, 5.74) is 9.96. The molecule has 0 saturated heterocycles. The van der Waals surface area contributed by atoms with Crippen LogP contribution in [0.4, 0.5) is 0 Å². The van der Waals surface area contributed by atoms with Crippen LogP contribution in [-0.2, 0) is 0 Å². The van der Waals surface area contributed by atoms with Gasteiger partial charge in [-0.1, -0.05) is 140 Å². The molecule has 11 aromatic rings. The Bertz CT molecular complexity index is 3200. The Balaban J connectivity index is 1.16. The summed E-state index contributed by atoms with van der Waals surface area (Å²) in [4.78, 5) is 15.5. The molecule has 54 heavy (non-hydrogen) atoms. The molecule has 0 N–H and O–H groups in total. The van der Waals surface area contributed by atoms with E-state index in [-0.39, 0.29) is 0 Å². The van der Waals surface area contributed by atoms with Crippen LogP contribution >= 0.6 is 0 Å². The fourth-order valence-corrected chi connectivity index (χ4v) is 8.00. The molecular formula is C49H30N4O. The smallest absolute Gasteiger partial charge is 0.164 e. The standard InChI is InChI=1S/C49H30N4O/c1-4-15-31(16-5-1)35-24-14-25-39-45-38-23-11-10-21-36(38)41(30-44(45)54-46(35)39)49-51-47(32-17-6-2-7-18-32)50-48(52-49)33-27-28-43-40(29-33)37-22-12-13-26-42(37)53(43)34-19-8-3-9-20-34/h1-30H. The summed E-state index contributed by atoms with van der Waals surface area (Å²) in [6, 6.07) is 63.1. The monoisotopic (exact) mass is 690 g/mol. The average Bonchev–Trinajstić information content (AvgIpc) is 3.80. The molecule has 3 heterocycles. The molecule has 3 aromatic heterocycles. The van der Waals surface area contributed by atoms with E-state index in [0.29, 0.717) is 17.5 Å². The molecule has 11 rings (SSSR count). The Labute approximate surface area is 310 Å². The van der Waals surface area contributed by atoms with Crippen LogP contribution < -0.4 is 0 Å². The highest BCUT2D eigenvalue weighted by atomic mass is 16.3. The topological polar surface area (TPSA) is 56.7 Å². The fourth-order valence-electron chi connectivity index (χ4n) is 8.00. The lowest BCUT2D eigenvalue weighted by Crippen LogP contribution is -2.00. The van der Waals surface area contributed by atoms with E-state index in [1.165, 1.54) is 5.39 Å². The molecule has 252 valence electrons. The van der Waals surface area contributed by atoms with E-state index < -0.39 is 0 Å². The highest BCUT2D eigenvalue weighted by Crippen LogP contribution is 2.43. The van der Waals surface area contributed by atoms with Gasteiger partial charge in [0.1, 0.15) is 11.2 Å². The first kappa shape index (κ1) is 30.3. The molecule has 8 aromatic carbocycles. The third-order valence-corrected chi connectivity index (χ3v) is 10.4. The molecule has 0 aliphatic rings. The van der Waals surface area contributed by atoms with Crippen molar-refractivity contribution in [2.45, 2.75) is 0 Å². The van der Waals surface area contributed by atoms with E-state index in [1.807, 2.05) is 36.4 Å². The SMILES string of the molecule is c1ccc(-c2nc(-c3ccc4c(c3)c3ccccc3n4-c3ccccc3)nc(-c3cc4oc5c(-c6ccccc6)cccc5c4c4ccccc34)n2)cc1. The number of fused-ring (bicyclic) bond motifs is 8. The predicted molar refractivity (Wildman–Crippen MR) is 221 cm³/mol. The van der Waals surface area contributed by atoms with E-state index in [4.69, 9.17) is 19.4 Å². The zero-order valence-corrected chi connectivity index (χ0v) is 29.0. The molecule has 0 radical (unpaired) electrons. The first-order valence-electron chi connectivity index (χ1n) is 18.1. The van der Waals surface area contributed by atoms with Crippen LogP contribution in [-0.4, -0.2) is 19.5 Å². The van der Waals surface area contributed by atoms with Crippen molar-refractivity contribution in [1.82, 2.24) is 19.5 Å². The second kappa shape index (κ2) is 12.1. The zero-order valence-electron chi connectivity index (χ0n) is 29.0. The predicted octanol–water partition coefficient (Wildman–Crippen LogP) is 12.7. The van der Waals surface area contributed by atoms with Crippen LogP contribution in [0, 0.1) is 0 Å². The number of hydrogen-bond acceptors (Lipinski definition) is 4. The molecule has 0 amide bonds. The van der Waals surface area contributed by atoms with Crippen molar-refractivity contribution < 1.29 is 4.42 Å². The van der Waals surface area contributed by atoms with Gasteiger partial charge in [-0.15, -0.1) is 0 Å². The first-order valence-corrected chi connectivity index (χ1v) is 18.1. The van der Waals surface area contributed by atoms with E-state index in [1.54, 1.807) is 0 Å². The number of furan rings is 1. The van der Waals surface area contributed by atoms with Gasteiger partial charge in [-0.2, -0.15) is 0 Å². The van der Waals surface area contributed by atoms with Gasteiger partial charge in [-0.05, 0) is 58.8 Å². The molecule has 0 unspecified atom stereocenters. The number of rotatable bonds is 5. The number of para-hydroxylation sites is 3. The van der Waals surface area contributed by atoms with Gasteiger partial charge in [-0.3, -0.25) is 0 Å². The number of aromatic nitrogens is 4. The highest BCUT2D eigenvalue weighted by Gasteiger charge is 2.21. The Morgan fingerprint density at radius 1 is 0.370 bits per heavy atom. The van der Waals surface area contributed by atoms with Crippen LogP contribution in [0.15, 0.2) is 186 Å². The van der Waals surface area contributed by atoms with Crippen molar-refractivity contribution in [2.75, 3.05) is 0 Å². The summed E-state index contributed by atoms with van der Waals surface area (Å²) >= 11 is 0. The molecule has 0 fully saturated rings. The summed E-state index contributed by atoms with van der Waals surface area (Å²) < 4.78 is 9.11. The third kappa shape index (κ3) is 4.76. The largest absolute Gasteiger partial charge is 0.455 e. The average molecular weight is 691 g/mol. The maximum absolute atomic E-state index is 6.79. The Morgan fingerprint density at radius 2 is 0.963 bits per heavy atom. The van der Waals surface area contributed by atoms with E-state index in [9.17, 15) is 0 Å². The number of hydrogen-bond donors (Lipinski definition) is 0. The summed E-state index contributed by atoms with van der Waals surface area (Å²) in [6.07, 6.45) is 0. The first-order chi connectivity index (χ1) is 26.8. The van der Waals surface area contributed by atoms with Crippen molar-refractivity contribution in [2.24, 2.45) is 0 Å². The van der Waals surface area contributed by atoms with Crippen LogP contribution in [0.5, 0.6) is 0 Å². The Kier molecular flexibility index (Phi) is 6.79. The molecule has 0 spiro atoms. The minimum atomic E-state index is 0.590. The van der Waals surface area contributed by atoms with Gasteiger partial charge in [0.2, 0.25) is 0 Å². The Hall–Kier alpha value is -7.37. The zero-order chi connectivity index (χ0) is 35.6. The normalized spacial score (nSPS) is 11.7. The van der Waals surface area contributed by atoms with Gasteiger partial charge < -0.3 is 8.98 Å². The summed E-state index contributed by atoms with van der Waals surface area (Å²) in [6.45, 7) is 0. The molecule has 0 aliphatic heterocycles. The van der Waals surface area contributed by atoms with Crippen molar-refractivity contribution in [3.05, 3.63) is 182 Å². The summed E-state index contributed by atoms with van der Waals surface area (Å²) in [5.74, 6) is 1.81.